The highest BCUT2D eigenvalue weighted by Gasteiger charge is 1.96. The molecule has 0 aliphatic carbocycles. The number of halogens is 1. The number of aromatic nitrogens is 1. The fraction of sp³-hybridized carbons (Fsp3) is 0.545. The molecule has 1 aromatic rings. The van der Waals surface area contributed by atoms with Crippen LogP contribution >= 0.6 is 15.9 Å². The smallest absolute Gasteiger partial charge is 0.250 e. The van der Waals surface area contributed by atoms with Crippen LogP contribution in [0, 0.1) is 0 Å². The van der Waals surface area contributed by atoms with Crippen molar-refractivity contribution in [2.24, 2.45) is 0 Å². The van der Waals surface area contributed by atoms with Gasteiger partial charge in [0, 0.05) is 23.3 Å². The number of rotatable bonds is 5. The predicted molar refractivity (Wildman–Crippen MR) is 62.5 cm³/mol. The molecular weight excluding hydrogens is 242 g/mol. The molecule has 1 aromatic heterocycles. The van der Waals surface area contributed by atoms with E-state index in [0.717, 1.165) is 17.4 Å². The predicted octanol–water partition coefficient (Wildman–Crippen LogP) is 3.19. The van der Waals surface area contributed by atoms with Crippen LogP contribution in [0.15, 0.2) is 27.6 Å². The van der Waals surface area contributed by atoms with E-state index < -0.39 is 0 Å². The van der Waals surface area contributed by atoms with Gasteiger partial charge in [-0.25, -0.2) is 0 Å². The summed E-state index contributed by atoms with van der Waals surface area (Å²) in [6.45, 7) is 3.02. The lowest BCUT2D eigenvalue weighted by atomic mass is 10.2. The molecule has 0 saturated heterocycles. The summed E-state index contributed by atoms with van der Waals surface area (Å²) >= 11 is 3.36. The summed E-state index contributed by atoms with van der Waals surface area (Å²) in [5.74, 6) is 0. The highest BCUT2D eigenvalue weighted by atomic mass is 79.9. The Hall–Kier alpha value is -0.570. The third-order valence-corrected chi connectivity index (χ3v) is 2.67. The molecule has 1 heterocycles. The van der Waals surface area contributed by atoms with Crippen LogP contribution in [-0.4, -0.2) is 4.57 Å². The van der Waals surface area contributed by atoms with E-state index in [1.165, 1.54) is 19.3 Å². The van der Waals surface area contributed by atoms with Gasteiger partial charge in [0.05, 0.1) is 0 Å². The molecular formula is C11H16BrNO. The lowest BCUT2D eigenvalue weighted by Crippen LogP contribution is -2.18. The molecule has 0 aliphatic heterocycles. The first-order valence-corrected chi connectivity index (χ1v) is 5.89. The van der Waals surface area contributed by atoms with Crippen LogP contribution in [0.5, 0.6) is 0 Å². The van der Waals surface area contributed by atoms with Gasteiger partial charge in [0.2, 0.25) is 0 Å². The van der Waals surface area contributed by atoms with Crippen LogP contribution in [0.25, 0.3) is 0 Å². The van der Waals surface area contributed by atoms with E-state index in [1.54, 1.807) is 16.7 Å². The minimum atomic E-state index is 0.0877. The molecule has 14 heavy (non-hydrogen) atoms. The van der Waals surface area contributed by atoms with Crippen molar-refractivity contribution in [3.8, 4) is 0 Å². The second-order valence-corrected chi connectivity index (χ2v) is 4.36. The van der Waals surface area contributed by atoms with Crippen molar-refractivity contribution in [1.82, 2.24) is 4.57 Å². The zero-order chi connectivity index (χ0) is 10.4. The summed E-state index contributed by atoms with van der Waals surface area (Å²) in [4.78, 5) is 11.4. The van der Waals surface area contributed by atoms with E-state index in [1.807, 2.05) is 6.20 Å². The largest absolute Gasteiger partial charge is 0.314 e. The Bertz CT molecular complexity index is 332. The zero-order valence-corrected chi connectivity index (χ0v) is 10.1. The van der Waals surface area contributed by atoms with Crippen molar-refractivity contribution in [2.45, 2.75) is 39.2 Å². The Balaban J connectivity index is 2.49. The van der Waals surface area contributed by atoms with Crippen molar-refractivity contribution < 1.29 is 0 Å². The molecule has 0 aliphatic rings. The Labute approximate surface area is 93.1 Å². The SMILES string of the molecule is CCCCCCn1cc(Br)ccc1=O. The van der Waals surface area contributed by atoms with Crippen molar-refractivity contribution in [1.29, 1.82) is 0 Å². The van der Waals surface area contributed by atoms with Crippen LogP contribution in [0.3, 0.4) is 0 Å². The summed E-state index contributed by atoms with van der Waals surface area (Å²) in [5, 5.41) is 0. The first-order chi connectivity index (χ1) is 6.74. The number of nitrogens with zero attached hydrogens (tertiary/aromatic N) is 1. The van der Waals surface area contributed by atoms with Crippen molar-refractivity contribution >= 4 is 15.9 Å². The minimum Gasteiger partial charge on any atom is -0.314 e. The van der Waals surface area contributed by atoms with Crippen LogP contribution in [0.4, 0.5) is 0 Å². The van der Waals surface area contributed by atoms with E-state index >= 15 is 0 Å². The average Bonchev–Trinajstić information content (AvgIpc) is 2.18. The first-order valence-electron chi connectivity index (χ1n) is 5.10. The van der Waals surface area contributed by atoms with Gasteiger partial charge in [0.15, 0.2) is 0 Å². The van der Waals surface area contributed by atoms with E-state index in [9.17, 15) is 4.79 Å². The van der Waals surface area contributed by atoms with E-state index in [0.29, 0.717) is 0 Å². The van der Waals surface area contributed by atoms with Gasteiger partial charge in [0.25, 0.3) is 5.56 Å². The number of hydrogen-bond acceptors (Lipinski definition) is 1. The second-order valence-electron chi connectivity index (χ2n) is 3.44. The van der Waals surface area contributed by atoms with Crippen molar-refractivity contribution in [3.05, 3.63) is 33.2 Å². The second kappa shape index (κ2) is 6.02. The summed E-state index contributed by atoms with van der Waals surface area (Å²) in [6, 6.07) is 3.38. The van der Waals surface area contributed by atoms with Gasteiger partial charge in [-0.1, -0.05) is 26.2 Å². The summed E-state index contributed by atoms with van der Waals surface area (Å²) in [7, 11) is 0. The number of unbranched alkanes of at least 4 members (excludes halogenated alkanes) is 3. The molecule has 78 valence electrons. The Morgan fingerprint density at radius 1 is 1.29 bits per heavy atom. The fourth-order valence-electron chi connectivity index (χ4n) is 1.39. The fourth-order valence-corrected chi connectivity index (χ4v) is 1.77. The maximum absolute atomic E-state index is 11.4. The highest BCUT2D eigenvalue weighted by molar-refractivity contribution is 9.10. The monoisotopic (exact) mass is 257 g/mol. The Morgan fingerprint density at radius 2 is 2.07 bits per heavy atom. The molecule has 0 radical (unpaired) electrons. The summed E-state index contributed by atoms with van der Waals surface area (Å²) < 4.78 is 2.73. The van der Waals surface area contributed by atoms with E-state index in [4.69, 9.17) is 0 Å². The molecule has 1 rings (SSSR count). The maximum atomic E-state index is 11.4. The van der Waals surface area contributed by atoms with Crippen molar-refractivity contribution in [3.63, 3.8) is 0 Å². The quantitative estimate of drug-likeness (QED) is 0.743. The molecule has 0 unspecified atom stereocenters. The molecule has 0 N–H and O–H groups in total. The molecule has 0 saturated carbocycles. The number of aryl methyl sites for hydroxylation is 1. The normalized spacial score (nSPS) is 10.4. The van der Waals surface area contributed by atoms with E-state index in [2.05, 4.69) is 22.9 Å². The van der Waals surface area contributed by atoms with Crippen LogP contribution in [0.1, 0.15) is 32.6 Å². The van der Waals surface area contributed by atoms with Crippen LogP contribution < -0.4 is 5.56 Å². The zero-order valence-electron chi connectivity index (χ0n) is 8.50. The lowest BCUT2D eigenvalue weighted by Gasteiger charge is -2.04. The number of pyridine rings is 1. The molecule has 0 fully saturated rings. The molecule has 3 heteroatoms. The van der Waals surface area contributed by atoms with Gasteiger partial charge in [-0.2, -0.15) is 0 Å². The van der Waals surface area contributed by atoms with Gasteiger partial charge >= 0.3 is 0 Å². The summed E-state index contributed by atoms with van der Waals surface area (Å²) in [5.41, 5.74) is 0.0877. The minimum absolute atomic E-state index is 0.0877. The lowest BCUT2D eigenvalue weighted by molar-refractivity contribution is 0.569. The van der Waals surface area contributed by atoms with Gasteiger partial charge in [-0.15, -0.1) is 0 Å². The third-order valence-electron chi connectivity index (χ3n) is 2.20. The number of hydrogen-bond donors (Lipinski definition) is 0. The van der Waals surface area contributed by atoms with Gasteiger partial charge in [-0.05, 0) is 28.4 Å². The van der Waals surface area contributed by atoms with E-state index in [-0.39, 0.29) is 5.56 Å². The Morgan fingerprint density at radius 3 is 2.79 bits per heavy atom. The van der Waals surface area contributed by atoms with Crippen LogP contribution in [-0.2, 0) is 6.54 Å². The summed E-state index contributed by atoms with van der Waals surface area (Å²) in [6.07, 6.45) is 6.63. The average molecular weight is 258 g/mol. The third kappa shape index (κ3) is 3.66. The van der Waals surface area contributed by atoms with Gasteiger partial charge in [-0.3, -0.25) is 4.79 Å². The van der Waals surface area contributed by atoms with Crippen LogP contribution in [0.2, 0.25) is 0 Å². The molecule has 0 bridgehead atoms. The molecule has 0 amide bonds. The molecule has 0 spiro atoms. The molecule has 0 atom stereocenters. The highest BCUT2D eigenvalue weighted by Crippen LogP contribution is 2.06. The standard InChI is InChI=1S/C11H16BrNO/c1-2-3-4-5-8-13-9-10(12)6-7-11(13)14/h6-7,9H,2-5,8H2,1H3. The topological polar surface area (TPSA) is 22.0 Å². The maximum Gasteiger partial charge on any atom is 0.250 e. The van der Waals surface area contributed by atoms with Gasteiger partial charge < -0.3 is 4.57 Å². The van der Waals surface area contributed by atoms with Crippen molar-refractivity contribution in [2.75, 3.05) is 0 Å². The first kappa shape index (κ1) is 11.5. The molecule has 0 aromatic carbocycles. The molecule has 2 nitrogen and oxygen atoms in total. The Kier molecular flexibility index (Phi) is 4.94. The van der Waals surface area contributed by atoms with Gasteiger partial charge in [0.1, 0.15) is 0 Å².